The maximum absolute atomic E-state index is 6.07. The normalized spacial score (nSPS) is 13.0. The molecule has 16 heavy (non-hydrogen) atoms. The molecule has 0 unspecified atom stereocenters. The zero-order chi connectivity index (χ0) is 12.7. The Kier molecular flexibility index (Phi) is 6.70. The Morgan fingerprint density at radius 2 is 1.88 bits per heavy atom. The second kappa shape index (κ2) is 6.93. The lowest BCUT2D eigenvalue weighted by Gasteiger charge is -2.36. The van der Waals surface area contributed by atoms with Gasteiger partial charge in [-0.25, -0.2) is 0 Å². The molecule has 0 fully saturated rings. The number of unbranched alkanes of at least 4 members (excludes halogenated alkanes) is 2. The molecule has 0 bridgehead atoms. The lowest BCUT2D eigenvalue weighted by Crippen LogP contribution is -2.40. The zero-order valence-electron chi connectivity index (χ0n) is 11.5. The Hall–Kier alpha value is -0.523. The second-order valence-electron chi connectivity index (χ2n) is 5.67. The summed E-state index contributed by atoms with van der Waals surface area (Å²) in [4.78, 5) is 0. The summed E-state index contributed by atoms with van der Waals surface area (Å²) in [6.07, 6.45) is 12.3. The van der Waals surface area contributed by atoms with Crippen molar-refractivity contribution in [2.24, 2.45) is 0 Å². The Balaban J connectivity index is 3.68. The Morgan fingerprint density at radius 3 is 2.38 bits per heavy atom. The molecular formula is C14H26OSi. The highest BCUT2D eigenvalue weighted by Gasteiger charge is 2.36. The van der Waals surface area contributed by atoms with Crippen LogP contribution in [0.25, 0.3) is 0 Å². The summed E-state index contributed by atoms with van der Waals surface area (Å²) in [5, 5.41) is 0.316. The third kappa shape index (κ3) is 6.15. The van der Waals surface area contributed by atoms with E-state index in [1.165, 1.54) is 0 Å². The highest BCUT2D eigenvalue weighted by molar-refractivity contribution is 6.74. The Morgan fingerprint density at radius 1 is 1.25 bits per heavy atom. The van der Waals surface area contributed by atoms with E-state index >= 15 is 0 Å². The highest BCUT2D eigenvalue weighted by Crippen LogP contribution is 2.36. The first kappa shape index (κ1) is 15.5. The Bertz CT molecular complexity index is 253. The van der Waals surface area contributed by atoms with Crippen molar-refractivity contribution < 1.29 is 4.43 Å². The third-order valence-electron chi connectivity index (χ3n) is 3.25. The summed E-state index contributed by atoms with van der Waals surface area (Å²) in [7, 11) is -1.53. The van der Waals surface area contributed by atoms with E-state index in [-0.39, 0.29) is 0 Å². The van der Waals surface area contributed by atoms with Gasteiger partial charge in [-0.2, -0.15) is 0 Å². The first-order valence-electron chi connectivity index (χ1n) is 6.06. The highest BCUT2D eigenvalue weighted by atomic mass is 28.4. The zero-order valence-corrected chi connectivity index (χ0v) is 12.5. The van der Waals surface area contributed by atoms with Gasteiger partial charge < -0.3 is 4.43 Å². The summed E-state index contributed by atoms with van der Waals surface area (Å²) in [5.74, 6) is 2.50. The van der Waals surface area contributed by atoms with Crippen LogP contribution in [0.4, 0.5) is 0 Å². The van der Waals surface area contributed by atoms with Gasteiger partial charge in [0.05, 0.1) is 0 Å². The van der Waals surface area contributed by atoms with Crippen molar-refractivity contribution in [3.8, 4) is 12.3 Å². The van der Waals surface area contributed by atoms with Gasteiger partial charge in [-0.3, -0.25) is 0 Å². The monoisotopic (exact) mass is 238 g/mol. The maximum atomic E-state index is 6.07. The molecule has 0 aromatic heterocycles. The predicted molar refractivity (Wildman–Crippen MR) is 75.0 cm³/mol. The summed E-state index contributed by atoms with van der Waals surface area (Å²) in [5.41, 5.74) is 0. The number of allylic oxidation sites excluding steroid dienone is 2. The van der Waals surface area contributed by atoms with Gasteiger partial charge in [-0.15, -0.1) is 6.42 Å². The van der Waals surface area contributed by atoms with Gasteiger partial charge >= 0.3 is 0 Å². The smallest absolute Gasteiger partial charge is 0.191 e. The van der Waals surface area contributed by atoms with E-state index in [0.29, 0.717) is 5.04 Å². The third-order valence-corrected chi connectivity index (χ3v) is 7.79. The van der Waals surface area contributed by atoms with Gasteiger partial charge in [-0.05, 0) is 43.5 Å². The van der Waals surface area contributed by atoms with Gasteiger partial charge in [-0.1, -0.05) is 32.8 Å². The lowest BCUT2D eigenvalue weighted by atomic mass is 10.2. The molecule has 0 atom stereocenters. The molecule has 0 amide bonds. The molecule has 92 valence electrons. The number of terminal acetylenes is 1. The molecule has 0 spiro atoms. The van der Waals surface area contributed by atoms with Gasteiger partial charge in [0, 0.05) is 6.61 Å². The van der Waals surface area contributed by atoms with Crippen LogP contribution < -0.4 is 0 Å². The van der Waals surface area contributed by atoms with E-state index < -0.39 is 8.32 Å². The molecule has 0 aliphatic heterocycles. The second-order valence-corrected chi connectivity index (χ2v) is 10.5. The summed E-state index contributed by atoms with van der Waals surface area (Å²) < 4.78 is 6.07. The van der Waals surface area contributed by atoms with Crippen LogP contribution in [0.15, 0.2) is 12.2 Å². The van der Waals surface area contributed by atoms with Crippen molar-refractivity contribution in [2.45, 2.75) is 58.2 Å². The van der Waals surface area contributed by atoms with Crippen LogP contribution in [0.2, 0.25) is 18.1 Å². The van der Waals surface area contributed by atoms with E-state index in [0.717, 1.165) is 25.9 Å². The van der Waals surface area contributed by atoms with Gasteiger partial charge in [0.1, 0.15) is 0 Å². The molecule has 0 radical (unpaired) electrons. The molecule has 0 aliphatic rings. The van der Waals surface area contributed by atoms with E-state index in [4.69, 9.17) is 10.8 Å². The first-order valence-corrected chi connectivity index (χ1v) is 8.97. The molecule has 0 saturated heterocycles. The molecule has 0 heterocycles. The minimum absolute atomic E-state index is 0.316. The first-order chi connectivity index (χ1) is 7.31. The fourth-order valence-corrected chi connectivity index (χ4v) is 2.15. The van der Waals surface area contributed by atoms with Crippen LogP contribution in [-0.2, 0) is 4.43 Å². The number of hydrogen-bond acceptors (Lipinski definition) is 1. The quantitative estimate of drug-likeness (QED) is 0.379. The molecule has 0 saturated carbocycles. The molecule has 0 aromatic carbocycles. The summed E-state index contributed by atoms with van der Waals surface area (Å²) >= 11 is 0. The largest absolute Gasteiger partial charge is 0.417 e. The van der Waals surface area contributed by atoms with Crippen LogP contribution >= 0.6 is 0 Å². The minimum atomic E-state index is -1.53. The molecule has 1 nitrogen and oxygen atoms in total. The molecular weight excluding hydrogens is 212 g/mol. The fraction of sp³-hybridized carbons (Fsp3) is 0.714. The molecule has 0 aromatic rings. The van der Waals surface area contributed by atoms with Crippen molar-refractivity contribution in [3.63, 3.8) is 0 Å². The van der Waals surface area contributed by atoms with Crippen molar-refractivity contribution in [3.05, 3.63) is 12.2 Å². The van der Waals surface area contributed by atoms with Crippen LogP contribution in [0.5, 0.6) is 0 Å². The number of rotatable bonds is 6. The molecule has 0 N–H and O–H groups in total. The maximum Gasteiger partial charge on any atom is 0.191 e. The summed E-state index contributed by atoms with van der Waals surface area (Å²) in [6.45, 7) is 12.3. The lowest BCUT2D eigenvalue weighted by molar-refractivity contribution is 0.279. The van der Waals surface area contributed by atoms with Gasteiger partial charge in [0.25, 0.3) is 0 Å². The molecule has 0 rings (SSSR count). The molecule has 2 heteroatoms. The van der Waals surface area contributed by atoms with Crippen molar-refractivity contribution >= 4 is 8.32 Å². The SMILES string of the molecule is C#C/C=C\CCCCO[Si](C)(C)C(C)(C)C. The Labute approximate surface area is 102 Å². The van der Waals surface area contributed by atoms with E-state index in [2.05, 4.69) is 39.8 Å². The van der Waals surface area contributed by atoms with Crippen molar-refractivity contribution in [1.29, 1.82) is 0 Å². The van der Waals surface area contributed by atoms with Gasteiger partial charge in [0.2, 0.25) is 0 Å². The number of hydrogen-bond donors (Lipinski definition) is 0. The minimum Gasteiger partial charge on any atom is -0.417 e. The van der Waals surface area contributed by atoms with Crippen LogP contribution in [0.1, 0.15) is 40.0 Å². The van der Waals surface area contributed by atoms with Crippen LogP contribution in [-0.4, -0.2) is 14.9 Å². The van der Waals surface area contributed by atoms with E-state index in [1.54, 1.807) is 6.08 Å². The molecule has 0 aliphatic carbocycles. The van der Waals surface area contributed by atoms with E-state index in [1.807, 2.05) is 6.08 Å². The van der Waals surface area contributed by atoms with E-state index in [9.17, 15) is 0 Å². The fourth-order valence-electron chi connectivity index (χ4n) is 1.06. The van der Waals surface area contributed by atoms with Crippen molar-refractivity contribution in [1.82, 2.24) is 0 Å². The van der Waals surface area contributed by atoms with Crippen molar-refractivity contribution in [2.75, 3.05) is 6.61 Å². The summed E-state index contributed by atoms with van der Waals surface area (Å²) in [6, 6.07) is 0. The topological polar surface area (TPSA) is 9.23 Å². The van der Waals surface area contributed by atoms with Crippen LogP contribution in [0, 0.1) is 12.3 Å². The average Bonchev–Trinajstić information content (AvgIpc) is 2.14. The van der Waals surface area contributed by atoms with Crippen LogP contribution in [0.3, 0.4) is 0 Å². The standard InChI is InChI=1S/C14H26OSi/c1-7-8-9-10-11-12-13-15-16(5,6)14(2,3)4/h1,8-9H,10-13H2,2-6H3/b9-8-. The predicted octanol–water partition coefficient (Wildman–Crippen LogP) is 4.37. The average molecular weight is 238 g/mol. The van der Waals surface area contributed by atoms with Gasteiger partial charge in [0.15, 0.2) is 8.32 Å².